The van der Waals surface area contributed by atoms with Crippen LogP contribution in [0.15, 0.2) is 24.5 Å². The van der Waals surface area contributed by atoms with Crippen LogP contribution < -0.4 is 10.6 Å². The second-order valence-electron chi connectivity index (χ2n) is 4.60. The number of H-pyrrole nitrogens is 1. The molecular formula is C13H16FN5O. The molecule has 2 heterocycles. The Kier molecular flexibility index (Phi) is 4.29. The number of hydrogen-bond acceptors (Lipinski definition) is 3. The fourth-order valence-electron chi connectivity index (χ4n) is 1.80. The van der Waals surface area contributed by atoms with Gasteiger partial charge in [0.2, 0.25) is 0 Å². The highest BCUT2D eigenvalue weighted by Gasteiger charge is 2.11. The largest absolute Gasteiger partial charge is 0.335 e. The number of nitrogens with one attached hydrogen (secondary N) is 3. The van der Waals surface area contributed by atoms with Crippen molar-refractivity contribution in [1.82, 2.24) is 20.5 Å². The number of rotatable bonds is 4. The Balaban J connectivity index is 1.86. The predicted molar refractivity (Wildman–Crippen MR) is 72.8 cm³/mol. The number of amides is 2. The summed E-state index contributed by atoms with van der Waals surface area (Å²) in [5, 5.41) is 12.1. The highest BCUT2D eigenvalue weighted by molar-refractivity contribution is 5.89. The van der Waals surface area contributed by atoms with Gasteiger partial charge in [0.1, 0.15) is 0 Å². The maximum absolute atomic E-state index is 13.3. The van der Waals surface area contributed by atoms with E-state index in [1.165, 1.54) is 12.3 Å². The summed E-state index contributed by atoms with van der Waals surface area (Å²) in [5.74, 6) is -0.571. The number of aromatic nitrogens is 3. The lowest BCUT2D eigenvalue weighted by atomic mass is 10.2. The number of pyridine rings is 1. The maximum atomic E-state index is 13.3. The zero-order valence-corrected chi connectivity index (χ0v) is 11.3. The fourth-order valence-corrected chi connectivity index (χ4v) is 1.80. The van der Waals surface area contributed by atoms with Crippen LogP contribution in [0.4, 0.5) is 14.9 Å². The van der Waals surface area contributed by atoms with Crippen molar-refractivity contribution in [3.63, 3.8) is 0 Å². The molecule has 0 radical (unpaired) electrons. The molecule has 106 valence electrons. The third-order valence-corrected chi connectivity index (χ3v) is 2.67. The van der Waals surface area contributed by atoms with Crippen molar-refractivity contribution in [2.45, 2.75) is 26.3 Å². The fraction of sp³-hybridized carbons (Fsp3) is 0.308. The van der Waals surface area contributed by atoms with Gasteiger partial charge in [-0.05, 0) is 26.0 Å². The van der Waals surface area contributed by atoms with E-state index in [4.69, 9.17) is 0 Å². The molecule has 0 fully saturated rings. The average molecular weight is 277 g/mol. The zero-order chi connectivity index (χ0) is 14.5. The van der Waals surface area contributed by atoms with E-state index in [1.807, 2.05) is 19.9 Å². The molecule has 0 aliphatic rings. The average Bonchev–Trinajstić information content (AvgIpc) is 2.77. The highest BCUT2D eigenvalue weighted by atomic mass is 19.1. The first-order valence-electron chi connectivity index (χ1n) is 6.22. The topological polar surface area (TPSA) is 82.7 Å². The van der Waals surface area contributed by atoms with Crippen molar-refractivity contribution in [2.24, 2.45) is 0 Å². The Morgan fingerprint density at radius 3 is 3.00 bits per heavy atom. The number of carbonyl (C=O) groups is 1. The molecule has 7 heteroatoms. The first-order valence-corrected chi connectivity index (χ1v) is 6.22. The summed E-state index contributed by atoms with van der Waals surface area (Å²) in [5.41, 5.74) is 1.93. The van der Waals surface area contributed by atoms with Crippen LogP contribution in [0, 0.1) is 12.7 Å². The van der Waals surface area contributed by atoms with Crippen LogP contribution in [0.3, 0.4) is 0 Å². The third kappa shape index (κ3) is 3.78. The Morgan fingerprint density at radius 2 is 2.35 bits per heavy atom. The second kappa shape index (κ2) is 6.14. The number of aromatic amines is 1. The van der Waals surface area contributed by atoms with E-state index in [9.17, 15) is 9.18 Å². The first-order chi connectivity index (χ1) is 9.54. The van der Waals surface area contributed by atoms with E-state index in [-0.39, 0.29) is 11.7 Å². The Labute approximate surface area is 115 Å². The van der Waals surface area contributed by atoms with Crippen molar-refractivity contribution in [3.05, 3.63) is 41.7 Å². The van der Waals surface area contributed by atoms with Gasteiger partial charge in [-0.2, -0.15) is 5.10 Å². The van der Waals surface area contributed by atoms with E-state index >= 15 is 0 Å². The smallest absolute Gasteiger partial charge is 0.319 e. The van der Waals surface area contributed by atoms with E-state index in [0.29, 0.717) is 6.42 Å². The van der Waals surface area contributed by atoms with Crippen molar-refractivity contribution in [2.75, 3.05) is 5.32 Å². The second-order valence-corrected chi connectivity index (χ2v) is 4.60. The highest BCUT2D eigenvalue weighted by Crippen LogP contribution is 2.10. The molecule has 2 aromatic rings. The van der Waals surface area contributed by atoms with Crippen LogP contribution in [0.25, 0.3) is 0 Å². The number of hydrogen-bond donors (Lipinski definition) is 3. The Bertz CT molecular complexity index is 598. The van der Waals surface area contributed by atoms with Gasteiger partial charge < -0.3 is 10.6 Å². The predicted octanol–water partition coefficient (Wildman–Crippen LogP) is 2.00. The molecule has 2 amide bonds. The van der Waals surface area contributed by atoms with E-state index < -0.39 is 11.8 Å². The van der Waals surface area contributed by atoms with Crippen molar-refractivity contribution >= 4 is 11.7 Å². The van der Waals surface area contributed by atoms with Crippen LogP contribution in [-0.2, 0) is 6.42 Å². The molecule has 0 saturated heterocycles. The van der Waals surface area contributed by atoms with Gasteiger partial charge in [-0.25, -0.2) is 9.18 Å². The molecule has 3 N–H and O–H groups in total. The molecule has 0 saturated carbocycles. The summed E-state index contributed by atoms with van der Waals surface area (Å²) >= 11 is 0. The lowest BCUT2D eigenvalue weighted by molar-refractivity contribution is 0.249. The molecule has 1 atom stereocenters. The van der Waals surface area contributed by atoms with Crippen LogP contribution in [0.1, 0.15) is 18.3 Å². The van der Waals surface area contributed by atoms with Gasteiger partial charge in [-0.3, -0.25) is 10.1 Å². The lowest BCUT2D eigenvalue weighted by Gasteiger charge is -2.13. The minimum atomic E-state index is -0.571. The van der Waals surface area contributed by atoms with Crippen molar-refractivity contribution in [1.29, 1.82) is 0 Å². The van der Waals surface area contributed by atoms with Gasteiger partial charge in [0.15, 0.2) is 5.82 Å². The van der Waals surface area contributed by atoms with E-state index in [0.717, 1.165) is 17.6 Å². The van der Waals surface area contributed by atoms with Gasteiger partial charge in [0, 0.05) is 24.4 Å². The van der Waals surface area contributed by atoms with E-state index in [2.05, 4.69) is 25.8 Å². The molecule has 0 spiro atoms. The van der Waals surface area contributed by atoms with Crippen LogP contribution in [0.2, 0.25) is 0 Å². The molecule has 0 aliphatic carbocycles. The molecule has 0 aromatic carbocycles. The SMILES string of the molecule is Cc1cc(C[C@@H](C)NC(=O)Nc2ccncc2F)n[nH]1. The molecule has 2 rings (SSSR count). The molecule has 0 bridgehead atoms. The number of anilines is 1. The minimum Gasteiger partial charge on any atom is -0.335 e. The summed E-state index contributed by atoms with van der Waals surface area (Å²) < 4.78 is 13.3. The summed E-state index contributed by atoms with van der Waals surface area (Å²) in [6.07, 6.45) is 3.05. The van der Waals surface area contributed by atoms with E-state index in [1.54, 1.807) is 0 Å². The third-order valence-electron chi connectivity index (χ3n) is 2.67. The Morgan fingerprint density at radius 1 is 1.55 bits per heavy atom. The summed E-state index contributed by atoms with van der Waals surface area (Å²) in [6.45, 7) is 3.76. The lowest BCUT2D eigenvalue weighted by Crippen LogP contribution is -2.37. The minimum absolute atomic E-state index is 0.0975. The molecule has 0 unspecified atom stereocenters. The normalized spacial score (nSPS) is 11.9. The number of urea groups is 1. The summed E-state index contributed by atoms with van der Waals surface area (Å²) in [4.78, 5) is 15.3. The monoisotopic (exact) mass is 277 g/mol. The summed E-state index contributed by atoms with van der Waals surface area (Å²) in [7, 11) is 0. The van der Waals surface area contributed by atoms with Gasteiger partial charge >= 0.3 is 6.03 Å². The number of aryl methyl sites for hydroxylation is 1. The summed E-state index contributed by atoms with van der Waals surface area (Å²) in [6, 6.07) is 2.73. The van der Waals surface area contributed by atoms with Crippen LogP contribution in [0.5, 0.6) is 0 Å². The Hall–Kier alpha value is -2.44. The first kappa shape index (κ1) is 14.0. The van der Waals surface area contributed by atoms with Gasteiger partial charge in [0.05, 0.1) is 17.6 Å². The standard InChI is InChI=1S/C13H16FN5O/c1-8(5-10-6-9(2)18-19-10)16-13(20)17-12-3-4-15-7-11(12)14/h3-4,6-8H,5H2,1-2H3,(H,18,19)(H2,15,16,17,20)/t8-/m1/s1. The van der Waals surface area contributed by atoms with Crippen molar-refractivity contribution in [3.8, 4) is 0 Å². The van der Waals surface area contributed by atoms with Gasteiger partial charge in [-0.1, -0.05) is 0 Å². The van der Waals surface area contributed by atoms with Crippen LogP contribution >= 0.6 is 0 Å². The maximum Gasteiger partial charge on any atom is 0.319 e. The van der Waals surface area contributed by atoms with Gasteiger partial charge in [0.25, 0.3) is 0 Å². The van der Waals surface area contributed by atoms with Crippen LogP contribution in [-0.4, -0.2) is 27.3 Å². The number of carbonyl (C=O) groups excluding carboxylic acids is 1. The number of nitrogens with zero attached hydrogens (tertiary/aromatic N) is 2. The van der Waals surface area contributed by atoms with Gasteiger partial charge in [-0.15, -0.1) is 0 Å². The molecule has 20 heavy (non-hydrogen) atoms. The quantitative estimate of drug-likeness (QED) is 0.799. The molecular weight excluding hydrogens is 261 g/mol. The molecule has 0 aliphatic heterocycles. The molecule has 2 aromatic heterocycles. The van der Waals surface area contributed by atoms with Crippen molar-refractivity contribution < 1.29 is 9.18 Å². The zero-order valence-electron chi connectivity index (χ0n) is 11.3. The number of halogens is 1. The molecule has 6 nitrogen and oxygen atoms in total.